The quantitative estimate of drug-likeness (QED) is 0.896. The summed E-state index contributed by atoms with van der Waals surface area (Å²) < 4.78 is 0. The highest BCUT2D eigenvalue weighted by Crippen LogP contribution is 2.28. The first-order valence-electron chi connectivity index (χ1n) is 7.77. The van der Waals surface area contributed by atoms with Gasteiger partial charge in [-0.1, -0.05) is 41.9 Å². The molecule has 0 aromatic heterocycles. The van der Waals surface area contributed by atoms with Gasteiger partial charge in [-0.15, -0.1) is 0 Å². The number of rotatable bonds is 3. The number of carbonyl (C=O) groups excluding carboxylic acids is 2. The van der Waals surface area contributed by atoms with Gasteiger partial charge in [0.05, 0.1) is 10.7 Å². The number of benzene rings is 2. The predicted octanol–water partition coefficient (Wildman–Crippen LogP) is 3.44. The second-order valence-electron chi connectivity index (χ2n) is 5.67. The van der Waals surface area contributed by atoms with Crippen LogP contribution >= 0.6 is 11.6 Å². The van der Waals surface area contributed by atoms with Crippen LogP contribution in [-0.4, -0.2) is 24.5 Å². The summed E-state index contributed by atoms with van der Waals surface area (Å²) in [6, 6.07) is 13.7. The van der Waals surface area contributed by atoms with Crippen molar-refractivity contribution in [2.24, 2.45) is 0 Å². The minimum absolute atomic E-state index is 0.130. The third kappa shape index (κ3) is 3.36. The van der Waals surface area contributed by atoms with Gasteiger partial charge in [-0.25, -0.2) is 4.79 Å². The molecule has 3 rings (SSSR count). The van der Waals surface area contributed by atoms with Gasteiger partial charge in [-0.2, -0.15) is 0 Å². The number of para-hydroxylation sites is 2. The summed E-state index contributed by atoms with van der Waals surface area (Å²) >= 11 is 6.01. The Balaban J connectivity index is 1.63. The molecule has 2 N–H and O–H groups in total. The number of hydrogen-bond acceptors (Lipinski definition) is 2. The molecule has 0 radical (unpaired) electrons. The Morgan fingerprint density at radius 2 is 1.83 bits per heavy atom. The van der Waals surface area contributed by atoms with Crippen LogP contribution in [0.1, 0.15) is 12.5 Å². The molecule has 24 heavy (non-hydrogen) atoms. The molecule has 0 saturated carbocycles. The fourth-order valence-electron chi connectivity index (χ4n) is 2.78. The molecule has 3 amide bonds. The standard InChI is InChI=1S/C18H18ClN3O2/c1-12(20-18(24)21-15-8-4-3-7-14(15)19)17(23)22-11-10-13-6-2-5-9-16(13)22/h2-9,12H,10-11H2,1H3,(H2,20,21,24)/t12-/m1/s1. The average molecular weight is 344 g/mol. The van der Waals surface area contributed by atoms with Gasteiger partial charge in [0.25, 0.3) is 0 Å². The largest absolute Gasteiger partial charge is 0.326 e. The lowest BCUT2D eigenvalue weighted by atomic mass is 10.2. The predicted molar refractivity (Wildman–Crippen MR) is 95.6 cm³/mol. The number of nitrogens with zero attached hydrogens (tertiary/aromatic N) is 1. The van der Waals surface area contributed by atoms with Crippen LogP contribution in [0.3, 0.4) is 0 Å². The third-order valence-electron chi connectivity index (χ3n) is 3.99. The van der Waals surface area contributed by atoms with E-state index in [0.29, 0.717) is 17.3 Å². The van der Waals surface area contributed by atoms with Gasteiger partial charge < -0.3 is 15.5 Å². The average Bonchev–Trinajstić information content (AvgIpc) is 3.00. The Bertz CT molecular complexity index is 778. The van der Waals surface area contributed by atoms with Crippen molar-refractivity contribution in [3.8, 4) is 0 Å². The number of hydrogen-bond donors (Lipinski definition) is 2. The molecule has 0 spiro atoms. The molecule has 2 aromatic rings. The highest BCUT2D eigenvalue weighted by molar-refractivity contribution is 6.33. The Morgan fingerprint density at radius 1 is 1.12 bits per heavy atom. The number of carbonyl (C=O) groups is 2. The minimum Gasteiger partial charge on any atom is -0.326 e. The zero-order valence-corrected chi connectivity index (χ0v) is 14.0. The summed E-state index contributed by atoms with van der Waals surface area (Å²) in [6.07, 6.45) is 0.834. The molecule has 0 unspecified atom stereocenters. The molecule has 0 saturated heterocycles. The van der Waals surface area contributed by atoms with Gasteiger partial charge in [0.1, 0.15) is 6.04 Å². The zero-order valence-electron chi connectivity index (χ0n) is 13.3. The number of fused-ring (bicyclic) bond motifs is 1. The monoisotopic (exact) mass is 343 g/mol. The summed E-state index contributed by atoms with van der Waals surface area (Å²) in [7, 11) is 0. The molecule has 0 aliphatic carbocycles. The maximum Gasteiger partial charge on any atom is 0.319 e. The smallest absolute Gasteiger partial charge is 0.319 e. The summed E-state index contributed by atoms with van der Waals surface area (Å²) in [6.45, 7) is 2.31. The topological polar surface area (TPSA) is 61.4 Å². The Kier molecular flexibility index (Phi) is 4.71. The first-order chi connectivity index (χ1) is 11.6. The number of anilines is 2. The van der Waals surface area contributed by atoms with Crippen molar-refractivity contribution >= 4 is 34.9 Å². The third-order valence-corrected chi connectivity index (χ3v) is 4.32. The SMILES string of the molecule is C[C@@H](NC(=O)Nc1ccccc1Cl)C(=O)N1CCc2ccccc21. The van der Waals surface area contributed by atoms with Gasteiger partial charge in [-0.05, 0) is 37.1 Å². The van der Waals surface area contributed by atoms with Crippen LogP contribution in [0.5, 0.6) is 0 Å². The summed E-state index contributed by atoms with van der Waals surface area (Å²) in [5, 5.41) is 5.76. The number of nitrogens with one attached hydrogen (secondary N) is 2. The van der Waals surface area contributed by atoms with E-state index >= 15 is 0 Å². The molecule has 124 valence electrons. The Labute approximate surface area is 145 Å². The fraction of sp³-hybridized carbons (Fsp3) is 0.222. The molecule has 0 bridgehead atoms. The van der Waals surface area contributed by atoms with Crippen LogP contribution in [0.25, 0.3) is 0 Å². The van der Waals surface area contributed by atoms with Crippen LogP contribution < -0.4 is 15.5 Å². The lowest BCUT2D eigenvalue weighted by molar-refractivity contribution is -0.119. The van der Waals surface area contributed by atoms with Gasteiger partial charge in [0.15, 0.2) is 0 Å². The van der Waals surface area contributed by atoms with Crippen molar-refractivity contribution in [1.82, 2.24) is 5.32 Å². The van der Waals surface area contributed by atoms with E-state index in [4.69, 9.17) is 11.6 Å². The molecule has 2 aromatic carbocycles. The second kappa shape index (κ2) is 6.93. The molecular weight excluding hydrogens is 326 g/mol. The van der Waals surface area contributed by atoms with Crippen molar-refractivity contribution in [3.63, 3.8) is 0 Å². The zero-order chi connectivity index (χ0) is 17.1. The Morgan fingerprint density at radius 3 is 2.62 bits per heavy atom. The lowest BCUT2D eigenvalue weighted by Gasteiger charge is -2.22. The van der Waals surface area contributed by atoms with Crippen LogP contribution in [0.4, 0.5) is 16.2 Å². The van der Waals surface area contributed by atoms with Crippen LogP contribution in [0, 0.1) is 0 Å². The van der Waals surface area contributed by atoms with Gasteiger partial charge in [-0.3, -0.25) is 4.79 Å². The van der Waals surface area contributed by atoms with Gasteiger partial charge >= 0.3 is 6.03 Å². The van der Waals surface area contributed by atoms with E-state index < -0.39 is 12.1 Å². The lowest BCUT2D eigenvalue weighted by Crippen LogP contribution is -2.47. The molecule has 6 heteroatoms. The van der Waals surface area contributed by atoms with Gasteiger partial charge in [0.2, 0.25) is 5.91 Å². The van der Waals surface area contributed by atoms with E-state index in [2.05, 4.69) is 10.6 Å². The van der Waals surface area contributed by atoms with E-state index in [-0.39, 0.29) is 5.91 Å². The van der Waals surface area contributed by atoms with Crippen LogP contribution in [0.2, 0.25) is 5.02 Å². The molecule has 1 heterocycles. The second-order valence-corrected chi connectivity index (χ2v) is 6.08. The van der Waals surface area contributed by atoms with E-state index in [0.717, 1.165) is 17.7 Å². The normalized spacial score (nSPS) is 14.0. The first-order valence-corrected chi connectivity index (χ1v) is 8.15. The first kappa shape index (κ1) is 16.3. The molecule has 0 fully saturated rings. The molecule has 1 atom stereocenters. The van der Waals surface area contributed by atoms with Crippen molar-refractivity contribution in [2.45, 2.75) is 19.4 Å². The molecule has 1 aliphatic heterocycles. The van der Waals surface area contributed by atoms with E-state index in [9.17, 15) is 9.59 Å². The molecule has 5 nitrogen and oxygen atoms in total. The Hall–Kier alpha value is -2.53. The van der Waals surface area contributed by atoms with Crippen molar-refractivity contribution in [2.75, 3.05) is 16.8 Å². The van der Waals surface area contributed by atoms with Crippen molar-refractivity contribution in [3.05, 3.63) is 59.1 Å². The number of amides is 3. The van der Waals surface area contributed by atoms with E-state index in [1.54, 1.807) is 36.1 Å². The van der Waals surface area contributed by atoms with E-state index in [1.807, 2.05) is 24.3 Å². The number of halogens is 1. The highest BCUT2D eigenvalue weighted by Gasteiger charge is 2.28. The van der Waals surface area contributed by atoms with Crippen molar-refractivity contribution < 1.29 is 9.59 Å². The fourth-order valence-corrected chi connectivity index (χ4v) is 2.96. The maximum absolute atomic E-state index is 12.6. The van der Waals surface area contributed by atoms with Gasteiger partial charge in [0, 0.05) is 12.2 Å². The summed E-state index contributed by atoms with van der Waals surface area (Å²) in [4.78, 5) is 26.4. The van der Waals surface area contributed by atoms with Crippen molar-refractivity contribution in [1.29, 1.82) is 0 Å². The number of urea groups is 1. The molecular formula is C18H18ClN3O2. The summed E-state index contributed by atoms with van der Waals surface area (Å²) in [5.41, 5.74) is 2.57. The highest BCUT2D eigenvalue weighted by atomic mass is 35.5. The van der Waals surface area contributed by atoms with Crippen LogP contribution in [-0.2, 0) is 11.2 Å². The maximum atomic E-state index is 12.6. The summed E-state index contributed by atoms with van der Waals surface area (Å²) in [5.74, 6) is -0.130. The molecule has 1 aliphatic rings. The van der Waals surface area contributed by atoms with Crippen LogP contribution in [0.15, 0.2) is 48.5 Å². The van der Waals surface area contributed by atoms with E-state index in [1.165, 1.54) is 0 Å². The minimum atomic E-state index is -0.640.